The van der Waals surface area contributed by atoms with Crippen molar-refractivity contribution < 1.29 is 0 Å². The Labute approximate surface area is 132 Å². The first-order valence-corrected chi connectivity index (χ1v) is 7.48. The molecule has 0 unspecified atom stereocenters. The van der Waals surface area contributed by atoms with E-state index in [1.807, 2.05) is 25.1 Å². The highest BCUT2D eigenvalue weighted by molar-refractivity contribution is 9.10. The van der Waals surface area contributed by atoms with E-state index in [4.69, 9.17) is 0 Å². The van der Waals surface area contributed by atoms with Gasteiger partial charge in [0.15, 0.2) is 0 Å². The molecule has 0 atom stereocenters. The summed E-state index contributed by atoms with van der Waals surface area (Å²) in [5, 5.41) is 15.6. The number of nitrogens with one attached hydrogen (secondary N) is 2. The number of aryl methyl sites for hydroxylation is 1. The van der Waals surface area contributed by atoms with Gasteiger partial charge in [-0.2, -0.15) is 10.2 Å². The summed E-state index contributed by atoms with van der Waals surface area (Å²) >= 11 is 3.42. The summed E-state index contributed by atoms with van der Waals surface area (Å²) in [5.41, 5.74) is 2.28. The first-order chi connectivity index (χ1) is 10.2. The number of nitriles is 1. The highest BCUT2D eigenvalue weighted by Gasteiger charge is 2.09. The van der Waals surface area contributed by atoms with E-state index in [0.717, 1.165) is 28.7 Å². The van der Waals surface area contributed by atoms with Gasteiger partial charge in [0.05, 0.1) is 15.7 Å². The Morgan fingerprint density at radius 3 is 2.90 bits per heavy atom. The van der Waals surface area contributed by atoms with E-state index in [0.29, 0.717) is 17.3 Å². The fraction of sp³-hybridized carbons (Fsp3) is 0.267. The number of anilines is 3. The third kappa shape index (κ3) is 3.70. The SMILES string of the molecule is CCCNc1ncc(Br)c(Nc2cccc(C)c2C#N)n1. The van der Waals surface area contributed by atoms with E-state index >= 15 is 0 Å². The highest BCUT2D eigenvalue weighted by Crippen LogP contribution is 2.27. The number of benzene rings is 1. The van der Waals surface area contributed by atoms with Crippen molar-refractivity contribution in [1.29, 1.82) is 5.26 Å². The maximum Gasteiger partial charge on any atom is 0.224 e. The van der Waals surface area contributed by atoms with E-state index in [-0.39, 0.29) is 0 Å². The minimum absolute atomic E-state index is 0.564. The molecule has 2 rings (SSSR count). The van der Waals surface area contributed by atoms with Crippen LogP contribution in [-0.2, 0) is 0 Å². The van der Waals surface area contributed by atoms with Gasteiger partial charge in [0, 0.05) is 12.7 Å². The van der Waals surface area contributed by atoms with E-state index < -0.39 is 0 Å². The van der Waals surface area contributed by atoms with Gasteiger partial charge in [-0.3, -0.25) is 0 Å². The summed E-state index contributed by atoms with van der Waals surface area (Å²) in [5.74, 6) is 1.19. The molecule has 0 aliphatic rings. The molecule has 0 bridgehead atoms. The van der Waals surface area contributed by atoms with Crippen molar-refractivity contribution in [1.82, 2.24) is 9.97 Å². The Hall–Kier alpha value is -2.13. The van der Waals surface area contributed by atoms with Crippen LogP contribution >= 0.6 is 15.9 Å². The maximum absolute atomic E-state index is 9.27. The standard InChI is InChI=1S/C15H16BrN5/c1-3-7-18-15-19-9-12(16)14(21-15)20-13-6-4-5-10(2)11(13)8-17/h4-6,9H,3,7H2,1-2H3,(H2,18,19,20,21). The molecule has 1 heterocycles. The third-order valence-electron chi connectivity index (χ3n) is 2.91. The van der Waals surface area contributed by atoms with E-state index in [2.05, 4.69) is 49.5 Å². The van der Waals surface area contributed by atoms with E-state index in [9.17, 15) is 5.26 Å². The molecule has 0 saturated heterocycles. The van der Waals surface area contributed by atoms with Crippen molar-refractivity contribution in [3.8, 4) is 6.07 Å². The van der Waals surface area contributed by atoms with Crippen LogP contribution in [-0.4, -0.2) is 16.5 Å². The normalized spacial score (nSPS) is 10.0. The van der Waals surface area contributed by atoms with Crippen LogP contribution in [0.2, 0.25) is 0 Å². The number of halogens is 1. The van der Waals surface area contributed by atoms with Crippen LogP contribution in [0.25, 0.3) is 0 Å². The van der Waals surface area contributed by atoms with Gasteiger partial charge >= 0.3 is 0 Å². The van der Waals surface area contributed by atoms with Crippen LogP contribution in [0.5, 0.6) is 0 Å². The molecular weight excluding hydrogens is 330 g/mol. The summed E-state index contributed by atoms with van der Waals surface area (Å²) in [6.45, 7) is 4.80. The maximum atomic E-state index is 9.27. The third-order valence-corrected chi connectivity index (χ3v) is 3.50. The Balaban J connectivity index is 2.31. The van der Waals surface area contributed by atoms with Crippen LogP contribution in [0.4, 0.5) is 17.5 Å². The van der Waals surface area contributed by atoms with Gasteiger partial charge in [0.1, 0.15) is 11.9 Å². The van der Waals surface area contributed by atoms with Gasteiger partial charge in [-0.1, -0.05) is 19.1 Å². The fourth-order valence-electron chi connectivity index (χ4n) is 1.82. The summed E-state index contributed by atoms with van der Waals surface area (Å²) in [6.07, 6.45) is 2.69. The predicted octanol–water partition coefficient (Wildman–Crippen LogP) is 3.98. The minimum Gasteiger partial charge on any atom is -0.354 e. The van der Waals surface area contributed by atoms with Crippen LogP contribution in [0, 0.1) is 18.3 Å². The lowest BCUT2D eigenvalue weighted by atomic mass is 10.1. The second-order valence-electron chi connectivity index (χ2n) is 4.55. The van der Waals surface area contributed by atoms with Gasteiger partial charge in [-0.25, -0.2) is 4.98 Å². The predicted molar refractivity (Wildman–Crippen MR) is 87.7 cm³/mol. The summed E-state index contributed by atoms with van der Waals surface area (Å²) in [6, 6.07) is 7.89. The topological polar surface area (TPSA) is 73.6 Å². The van der Waals surface area contributed by atoms with Crippen molar-refractivity contribution in [2.24, 2.45) is 0 Å². The Bertz CT molecular complexity index is 678. The first kappa shape index (κ1) is 15.3. The molecule has 108 valence electrons. The summed E-state index contributed by atoms with van der Waals surface area (Å²) in [4.78, 5) is 8.62. The molecular formula is C15H16BrN5. The molecule has 5 nitrogen and oxygen atoms in total. The molecule has 0 saturated carbocycles. The Morgan fingerprint density at radius 2 is 2.19 bits per heavy atom. The van der Waals surface area contributed by atoms with E-state index in [1.165, 1.54) is 0 Å². The molecule has 0 spiro atoms. The van der Waals surface area contributed by atoms with E-state index in [1.54, 1.807) is 6.20 Å². The smallest absolute Gasteiger partial charge is 0.224 e. The van der Waals surface area contributed by atoms with Crippen molar-refractivity contribution in [3.63, 3.8) is 0 Å². The largest absolute Gasteiger partial charge is 0.354 e. The quantitative estimate of drug-likeness (QED) is 0.857. The van der Waals surface area contributed by atoms with Crippen molar-refractivity contribution in [3.05, 3.63) is 40.0 Å². The second kappa shape index (κ2) is 7.04. The summed E-state index contributed by atoms with van der Waals surface area (Å²) < 4.78 is 0.745. The molecule has 0 aliphatic carbocycles. The van der Waals surface area contributed by atoms with Crippen molar-refractivity contribution in [2.45, 2.75) is 20.3 Å². The fourth-order valence-corrected chi connectivity index (χ4v) is 2.11. The Morgan fingerprint density at radius 1 is 1.38 bits per heavy atom. The number of hydrogen-bond donors (Lipinski definition) is 2. The number of hydrogen-bond acceptors (Lipinski definition) is 5. The first-order valence-electron chi connectivity index (χ1n) is 6.68. The number of rotatable bonds is 5. The molecule has 0 fully saturated rings. The molecule has 2 aromatic rings. The molecule has 6 heteroatoms. The van der Waals surface area contributed by atoms with Crippen LogP contribution in [0.3, 0.4) is 0 Å². The molecule has 2 N–H and O–H groups in total. The molecule has 0 aliphatic heterocycles. The van der Waals surface area contributed by atoms with Gasteiger partial charge in [-0.05, 0) is 40.9 Å². The molecule has 21 heavy (non-hydrogen) atoms. The van der Waals surface area contributed by atoms with Crippen molar-refractivity contribution >= 4 is 33.4 Å². The molecule has 0 radical (unpaired) electrons. The van der Waals surface area contributed by atoms with Gasteiger partial charge in [0.2, 0.25) is 5.95 Å². The average Bonchev–Trinajstić information content (AvgIpc) is 2.48. The van der Waals surface area contributed by atoms with Crippen molar-refractivity contribution in [2.75, 3.05) is 17.2 Å². The molecule has 1 aromatic heterocycles. The van der Waals surface area contributed by atoms with Gasteiger partial charge in [0.25, 0.3) is 0 Å². The lowest BCUT2D eigenvalue weighted by Gasteiger charge is -2.12. The van der Waals surface area contributed by atoms with Crippen LogP contribution < -0.4 is 10.6 Å². The zero-order valence-electron chi connectivity index (χ0n) is 11.9. The van der Waals surface area contributed by atoms with Gasteiger partial charge < -0.3 is 10.6 Å². The Kier molecular flexibility index (Phi) is 5.12. The second-order valence-corrected chi connectivity index (χ2v) is 5.41. The number of nitrogens with zero attached hydrogens (tertiary/aromatic N) is 3. The van der Waals surface area contributed by atoms with Crippen LogP contribution in [0.1, 0.15) is 24.5 Å². The lowest BCUT2D eigenvalue weighted by molar-refractivity contribution is 0.952. The lowest BCUT2D eigenvalue weighted by Crippen LogP contribution is -2.06. The average molecular weight is 346 g/mol. The van der Waals surface area contributed by atoms with Crippen LogP contribution in [0.15, 0.2) is 28.9 Å². The highest BCUT2D eigenvalue weighted by atomic mass is 79.9. The molecule has 0 amide bonds. The zero-order valence-corrected chi connectivity index (χ0v) is 13.5. The molecule has 1 aromatic carbocycles. The zero-order chi connectivity index (χ0) is 15.2. The monoisotopic (exact) mass is 345 g/mol. The van der Waals surface area contributed by atoms with Gasteiger partial charge in [-0.15, -0.1) is 0 Å². The number of aromatic nitrogens is 2. The summed E-state index contributed by atoms with van der Waals surface area (Å²) in [7, 11) is 0. The minimum atomic E-state index is 0.564.